The molecular weight excluding hydrogens is 240 g/mol. The molecule has 0 aliphatic carbocycles. The normalized spacial score (nSPS) is 36.6. The van der Waals surface area contributed by atoms with Gasteiger partial charge in [0, 0.05) is 18.9 Å². The van der Waals surface area contributed by atoms with E-state index in [1.165, 1.54) is 0 Å². The Morgan fingerprint density at radius 1 is 1.28 bits per heavy atom. The average molecular weight is 262 g/mol. The van der Waals surface area contributed by atoms with Gasteiger partial charge in [-0.3, -0.25) is 0 Å². The fourth-order valence-corrected chi connectivity index (χ4v) is 1.94. The summed E-state index contributed by atoms with van der Waals surface area (Å²) in [5.41, 5.74) is 0. The van der Waals surface area contributed by atoms with Crippen LogP contribution in [0.5, 0.6) is 0 Å². The van der Waals surface area contributed by atoms with E-state index >= 15 is 0 Å². The molecule has 0 aromatic heterocycles. The van der Waals surface area contributed by atoms with Crippen LogP contribution in [0.2, 0.25) is 0 Å². The lowest BCUT2D eigenvalue weighted by Gasteiger charge is -2.40. The number of carbonyl (C=O) groups is 1. The minimum Gasteiger partial charge on any atom is -0.394 e. The number of unbranched alkanes of at least 4 members (excludes halogenated alkanes) is 2. The highest BCUT2D eigenvalue weighted by Crippen LogP contribution is 2.26. The highest BCUT2D eigenvalue weighted by atomic mass is 16.7. The average Bonchev–Trinajstić information content (AvgIpc) is 2.38. The van der Waals surface area contributed by atoms with Crippen LogP contribution < -0.4 is 0 Å². The van der Waals surface area contributed by atoms with Crippen LogP contribution in [0.4, 0.5) is 0 Å². The van der Waals surface area contributed by atoms with Gasteiger partial charge in [0.25, 0.3) is 0 Å². The van der Waals surface area contributed by atoms with Gasteiger partial charge >= 0.3 is 0 Å². The molecule has 1 fully saturated rings. The highest BCUT2D eigenvalue weighted by Gasteiger charge is 2.42. The Morgan fingerprint density at radius 2 is 2.00 bits per heavy atom. The first-order valence-electron chi connectivity index (χ1n) is 6.29. The van der Waals surface area contributed by atoms with Crippen molar-refractivity contribution in [3.63, 3.8) is 0 Å². The van der Waals surface area contributed by atoms with Crippen molar-refractivity contribution in [2.75, 3.05) is 13.2 Å². The third kappa shape index (κ3) is 4.00. The summed E-state index contributed by atoms with van der Waals surface area (Å²) in [5, 5.41) is 28.5. The van der Waals surface area contributed by atoms with Gasteiger partial charge in [-0.2, -0.15) is 0 Å². The minimum atomic E-state index is -1.10. The van der Waals surface area contributed by atoms with Gasteiger partial charge in [-0.25, -0.2) is 0 Å². The summed E-state index contributed by atoms with van der Waals surface area (Å²) < 4.78 is 10.9. The van der Waals surface area contributed by atoms with Crippen LogP contribution in [-0.2, 0) is 14.3 Å². The summed E-state index contributed by atoms with van der Waals surface area (Å²) in [5.74, 6) is -0.367. The molecule has 1 heterocycles. The highest BCUT2D eigenvalue weighted by molar-refractivity contribution is 5.48. The van der Waals surface area contributed by atoms with Crippen LogP contribution in [0, 0.1) is 5.92 Å². The lowest BCUT2D eigenvalue weighted by molar-refractivity contribution is -0.282. The molecule has 106 valence electrons. The lowest BCUT2D eigenvalue weighted by Crippen LogP contribution is -2.55. The van der Waals surface area contributed by atoms with E-state index in [9.17, 15) is 15.0 Å². The maximum Gasteiger partial charge on any atom is 0.163 e. The summed E-state index contributed by atoms with van der Waals surface area (Å²) >= 11 is 0. The molecule has 0 saturated carbocycles. The number of aliphatic hydroxyl groups is 3. The SMILES string of the molecule is CC1C(OCCCCC=O)OC(CO)C(O)C1O. The smallest absolute Gasteiger partial charge is 0.163 e. The van der Waals surface area contributed by atoms with E-state index < -0.39 is 24.6 Å². The van der Waals surface area contributed by atoms with Crippen molar-refractivity contribution in [2.24, 2.45) is 5.92 Å². The number of hydrogen-bond donors (Lipinski definition) is 3. The Morgan fingerprint density at radius 3 is 2.61 bits per heavy atom. The van der Waals surface area contributed by atoms with Crippen LogP contribution in [0.15, 0.2) is 0 Å². The molecule has 0 aromatic carbocycles. The molecule has 0 aromatic rings. The van der Waals surface area contributed by atoms with Crippen molar-refractivity contribution < 1.29 is 29.6 Å². The number of hydrogen-bond acceptors (Lipinski definition) is 6. The van der Waals surface area contributed by atoms with Gasteiger partial charge in [-0.1, -0.05) is 6.92 Å². The van der Waals surface area contributed by atoms with Crippen molar-refractivity contribution in [1.29, 1.82) is 0 Å². The molecule has 1 aliphatic rings. The Bertz CT molecular complexity index is 245. The lowest BCUT2D eigenvalue weighted by atomic mass is 9.92. The standard InChI is InChI=1S/C12H22O6/c1-8-10(15)11(16)9(7-14)18-12(8)17-6-4-2-3-5-13/h5,8-12,14-16H,2-4,6-7H2,1H3. The second kappa shape index (κ2) is 7.81. The first-order chi connectivity index (χ1) is 8.61. The maximum absolute atomic E-state index is 10.1. The van der Waals surface area contributed by atoms with Crippen LogP contribution in [0.3, 0.4) is 0 Å². The molecule has 1 saturated heterocycles. The minimum absolute atomic E-state index is 0.365. The topological polar surface area (TPSA) is 96.2 Å². The van der Waals surface area contributed by atoms with Gasteiger partial charge in [-0.15, -0.1) is 0 Å². The number of rotatable bonds is 7. The molecule has 0 amide bonds. The van der Waals surface area contributed by atoms with Gasteiger partial charge in [-0.05, 0) is 12.8 Å². The number of aldehydes is 1. The largest absolute Gasteiger partial charge is 0.394 e. The summed E-state index contributed by atoms with van der Waals surface area (Å²) in [4.78, 5) is 10.1. The molecule has 0 spiro atoms. The van der Waals surface area contributed by atoms with E-state index in [-0.39, 0.29) is 12.5 Å². The van der Waals surface area contributed by atoms with E-state index in [1.807, 2.05) is 0 Å². The number of aliphatic hydroxyl groups excluding tert-OH is 3. The number of ether oxygens (including phenoxy) is 2. The Balaban J connectivity index is 2.37. The van der Waals surface area contributed by atoms with Crippen molar-refractivity contribution in [3.8, 4) is 0 Å². The molecule has 5 unspecified atom stereocenters. The second-order valence-electron chi connectivity index (χ2n) is 4.60. The van der Waals surface area contributed by atoms with Crippen molar-refractivity contribution >= 4 is 6.29 Å². The quantitative estimate of drug-likeness (QED) is 0.421. The molecule has 3 N–H and O–H groups in total. The fourth-order valence-electron chi connectivity index (χ4n) is 1.94. The molecular formula is C12H22O6. The van der Waals surface area contributed by atoms with Crippen molar-refractivity contribution in [3.05, 3.63) is 0 Å². The van der Waals surface area contributed by atoms with E-state index in [0.29, 0.717) is 13.0 Å². The molecule has 1 rings (SSSR count). The van der Waals surface area contributed by atoms with Crippen LogP contribution in [0.1, 0.15) is 26.2 Å². The first-order valence-corrected chi connectivity index (χ1v) is 6.29. The van der Waals surface area contributed by atoms with Crippen LogP contribution in [0.25, 0.3) is 0 Å². The van der Waals surface area contributed by atoms with Gasteiger partial charge < -0.3 is 29.6 Å². The zero-order valence-corrected chi connectivity index (χ0v) is 10.6. The van der Waals surface area contributed by atoms with E-state index in [4.69, 9.17) is 14.6 Å². The Hall–Kier alpha value is -0.530. The fraction of sp³-hybridized carbons (Fsp3) is 0.917. The molecule has 0 radical (unpaired) electrons. The van der Waals surface area contributed by atoms with Gasteiger partial charge in [0.05, 0.1) is 12.7 Å². The van der Waals surface area contributed by atoms with E-state index in [1.54, 1.807) is 6.92 Å². The number of carbonyl (C=O) groups excluding carboxylic acids is 1. The van der Waals surface area contributed by atoms with Gasteiger partial charge in [0.1, 0.15) is 18.5 Å². The maximum atomic E-state index is 10.1. The predicted molar refractivity (Wildman–Crippen MR) is 62.8 cm³/mol. The Kier molecular flexibility index (Phi) is 6.73. The Labute approximate surface area is 107 Å². The van der Waals surface area contributed by atoms with E-state index in [0.717, 1.165) is 19.1 Å². The summed E-state index contributed by atoms with van der Waals surface area (Å²) in [7, 11) is 0. The third-order valence-corrected chi connectivity index (χ3v) is 3.19. The molecule has 6 nitrogen and oxygen atoms in total. The second-order valence-corrected chi connectivity index (χ2v) is 4.60. The molecule has 1 aliphatic heterocycles. The molecule has 5 atom stereocenters. The van der Waals surface area contributed by atoms with Crippen LogP contribution in [-0.4, -0.2) is 59.4 Å². The zero-order chi connectivity index (χ0) is 13.5. The summed E-state index contributed by atoms with van der Waals surface area (Å²) in [6, 6.07) is 0. The van der Waals surface area contributed by atoms with E-state index in [2.05, 4.69) is 0 Å². The third-order valence-electron chi connectivity index (χ3n) is 3.19. The van der Waals surface area contributed by atoms with Gasteiger partial charge in [0.2, 0.25) is 0 Å². The first kappa shape index (κ1) is 15.5. The van der Waals surface area contributed by atoms with Crippen molar-refractivity contribution in [1.82, 2.24) is 0 Å². The molecule has 0 bridgehead atoms. The predicted octanol–water partition coefficient (Wildman–Crippen LogP) is -0.553. The summed E-state index contributed by atoms with van der Waals surface area (Å²) in [6.07, 6.45) is -0.691. The van der Waals surface area contributed by atoms with Crippen LogP contribution >= 0.6 is 0 Å². The zero-order valence-electron chi connectivity index (χ0n) is 10.6. The molecule has 6 heteroatoms. The summed E-state index contributed by atoms with van der Waals surface area (Å²) in [6.45, 7) is 1.78. The monoisotopic (exact) mass is 262 g/mol. The van der Waals surface area contributed by atoms with Gasteiger partial charge in [0.15, 0.2) is 6.29 Å². The molecule has 18 heavy (non-hydrogen) atoms. The van der Waals surface area contributed by atoms with Crippen molar-refractivity contribution in [2.45, 2.75) is 50.8 Å².